The highest BCUT2D eigenvalue weighted by molar-refractivity contribution is 7.89. The van der Waals surface area contributed by atoms with E-state index >= 15 is 0 Å². The molecule has 164 valence electrons. The number of carbonyl (C=O) groups is 2. The van der Waals surface area contributed by atoms with E-state index in [1.807, 2.05) is 36.9 Å². The Kier molecular flexibility index (Phi) is 5.85. The molecule has 0 spiro atoms. The zero-order valence-electron chi connectivity index (χ0n) is 17.7. The number of aryl methyl sites for hydroxylation is 1. The van der Waals surface area contributed by atoms with Gasteiger partial charge in [0, 0.05) is 36.3 Å². The summed E-state index contributed by atoms with van der Waals surface area (Å²) in [7, 11) is -3.75. The van der Waals surface area contributed by atoms with Crippen LogP contribution in [0.4, 0.5) is 11.4 Å². The predicted molar refractivity (Wildman–Crippen MR) is 119 cm³/mol. The van der Waals surface area contributed by atoms with Crippen LogP contribution < -0.4 is 14.9 Å². The Morgan fingerprint density at radius 3 is 2.61 bits per heavy atom. The van der Waals surface area contributed by atoms with Gasteiger partial charge in [-0.2, -0.15) is 0 Å². The molecule has 0 radical (unpaired) electrons. The molecule has 0 bridgehead atoms. The first kappa shape index (κ1) is 21.5. The number of amides is 2. The van der Waals surface area contributed by atoms with Crippen molar-refractivity contribution in [2.75, 3.05) is 16.8 Å². The average Bonchev–Trinajstić information content (AvgIpc) is 3.49. The lowest BCUT2D eigenvalue weighted by Crippen LogP contribution is -2.36. The average molecular weight is 442 g/mol. The summed E-state index contributed by atoms with van der Waals surface area (Å²) in [5.74, 6) is -0.00524. The van der Waals surface area contributed by atoms with E-state index in [1.165, 1.54) is 6.07 Å². The highest BCUT2D eigenvalue weighted by atomic mass is 32.2. The molecular weight excluding hydrogens is 414 g/mol. The number of nitrogens with zero attached hydrogens (tertiary/aromatic N) is 1. The predicted octanol–water partition coefficient (Wildman–Crippen LogP) is 2.99. The van der Waals surface area contributed by atoms with Crippen LogP contribution in [0.5, 0.6) is 0 Å². The Morgan fingerprint density at radius 2 is 1.90 bits per heavy atom. The van der Waals surface area contributed by atoms with Gasteiger partial charge in [0.25, 0.3) is 0 Å². The van der Waals surface area contributed by atoms with Crippen molar-refractivity contribution in [3.63, 3.8) is 0 Å². The van der Waals surface area contributed by atoms with Crippen molar-refractivity contribution in [2.45, 2.75) is 50.5 Å². The maximum Gasteiger partial charge on any atom is 0.240 e. The Bertz CT molecular complexity index is 1130. The van der Waals surface area contributed by atoms with Crippen molar-refractivity contribution in [1.29, 1.82) is 0 Å². The second-order valence-electron chi connectivity index (χ2n) is 8.39. The summed E-state index contributed by atoms with van der Waals surface area (Å²) in [5, 5.41) is 2.77. The molecule has 2 aromatic carbocycles. The zero-order chi connectivity index (χ0) is 22.2. The Labute approximate surface area is 182 Å². The fourth-order valence-electron chi connectivity index (χ4n) is 3.97. The van der Waals surface area contributed by atoms with Crippen molar-refractivity contribution < 1.29 is 18.0 Å². The van der Waals surface area contributed by atoms with Gasteiger partial charge in [-0.25, -0.2) is 13.1 Å². The summed E-state index contributed by atoms with van der Waals surface area (Å²) in [6, 6.07) is 12.3. The molecule has 8 heteroatoms. The molecule has 1 fully saturated rings. The van der Waals surface area contributed by atoms with Gasteiger partial charge in [0.05, 0.1) is 4.90 Å². The molecule has 7 nitrogen and oxygen atoms in total. The number of carbonyl (C=O) groups excluding carboxylic acids is 2. The van der Waals surface area contributed by atoms with Crippen molar-refractivity contribution in [1.82, 2.24) is 4.72 Å². The van der Waals surface area contributed by atoms with Gasteiger partial charge in [0.1, 0.15) is 0 Å². The minimum Gasteiger partial charge on any atom is -0.326 e. The Balaban J connectivity index is 1.37. The monoisotopic (exact) mass is 441 g/mol. The molecule has 2 amide bonds. The third-order valence-corrected chi connectivity index (χ3v) is 7.15. The van der Waals surface area contributed by atoms with E-state index in [9.17, 15) is 18.0 Å². The Morgan fingerprint density at radius 1 is 1.13 bits per heavy atom. The zero-order valence-corrected chi connectivity index (χ0v) is 18.5. The van der Waals surface area contributed by atoms with Crippen LogP contribution in [0.15, 0.2) is 47.4 Å². The summed E-state index contributed by atoms with van der Waals surface area (Å²) in [5.41, 5.74) is 3.38. The van der Waals surface area contributed by atoms with Crippen LogP contribution in [0.25, 0.3) is 0 Å². The molecule has 2 aliphatic rings. The summed E-state index contributed by atoms with van der Waals surface area (Å²) in [4.78, 5) is 26.7. The van der Waals surface area contributed by atoms with Crippen LogP contribution in [0.2, 0.25) is 0 Å². The lowest BCUT2D eigenvalue weighted by molar-refractivity contribution is -0.120. The van der Waals surface area contributed by atoms with Crippen LogP contribution in [-0.4, -0.2) is 32.8 Å². The normalized spacial score (nSPS) is 18.0. The van der Waals surface area contributed by atoms with Gasteiger partial charge < -0.3 is 10.2 Å². The lowest BCUT2D eigenvalue weighted by atomic mass is 10.1. The molecule has 4 rings (SSSR count). The number of hydrogen-bond acceptors (Lipinski definition) is 4. The quantitative estimate of drug-likeness (QED) is 0.691. The molecular formula is C23H27N3O4S. The SMILES string of the molecule is Cc1cccc(NC(=O)CCNS(=O)(=O)c2ccc3c(c2)C[C@H](C)N3C(=O)C2CC2)c1. The van der Waals surface area contributed by atoms with Crippen LogP contribution in [0, 0.1) is 12.8 Å². The fourth-order valence-corrected chi connectivity index (χ4v) is 5.05. The number of fused-ring (bicyclic) bond motifs is 1. The first-order valence-corrected chi connectivity index (χ1v) is 12.0. The minimum atomic E-state index is -3.75. The van der Waals surface area contributed by atoms with Crippen LogP contribution in [0.3, 0.4) is 0 Å². The van der Waals surface area contributed by atoms with E-state index in [4.69, 9.17) is 0 Å². The first-order chi connectivity index (χ1) is 14.7. The van der Waals surface area contributed by atoms with Gasteiger partial charge in [-0.15, -0.1) is 0 Å². The maximum atomic E-state index is 12.7. The number of sulfonamides is 1. The van der Waals surface area contributed by atoms with Gasteiger partial charge in [-0.05, 0) is 74.6 Å². The second-order valence-corrected chi connectivity index (χ2v) is 10.2. The standard InChI is InChI=1S/C23H27N3O4S/c1-15-4-3-5-19(12-15)25-22(27)10-11-24-31(29,30)20-8-9-21-18(14-20)13-16(2)26(21)23(28)17-6-7-17/h3-5,8-9,12,14,16-17,24H,6-7,10-11,13H2,1-2H3,(H,25,27)/t16-/m0/s1. The molecule has 0 saturated heterocycles. The third kappa shape index (κ3) is 4.80. The third-order valence-electron chi connectivity index (χ3n) is 5.69. The summed E-state index contributed by atoms with van der Waals surface area (Å²) in [6.45, 7) is 3.92. The van der Waals surface area contributed by atoms with Crippen molar-refractivity contribution >= 4 is 33.2 Å². The maximum absolute atomic E-state index is 12.7. The van der Waals surface area contributed by atoms with Crippen molar-refractivity contribution in [3.8, 4) is 0 Å². The molecule has 2 N–H and O–H groups in total. The van der Waals surface area contributed by atoms with Crippen molar-refractivity contribution in [2.24, 2.45) is 5.92 Å². The molecule has 1 aliphatic heterocycles. The molecule has 1 atom stereocenters. The van der Waals surface area contributed by atoms with Crippen LogP contribution in [-0.2, 0) is 26.0 Å². The molecule has 0 unspecified atom stereocenters. The summed E-state index contributed by atoms with van der Waals surface area (Å²) < 4.78 is 27.9. The second kappa shape index (κ2) is 8.43. The number of nitrogens with one attached hydrogen (secondary N) is 2. The van der Waals surface area contributed by atoms with E-state index in [0.29, 0.717) is 12.1 Å². The molecule has 31 heavy (non-hydrogen) atoms. The van der Waals surface area contributed by atoms with Crippen molar-refractivity contribution in [3.05, 3.63) is 53.6 Å². The first-order valence-electron chi connectivity index (χ1n) is 10.6. The molecule has 1 saturated carbocycles. The van der Waals surface area contributed by atoms with Crippen LogP contribution in [0.1, 0.15) is 37.3 Å². The number of hydrogen-bond donors (Lipinski definition) is 2. The van der Waals surface area contributed by atoms with Gasteiger partial charge in [0.15, 0.2) is 0 Å². The highest BCUT2D eigenvalue weighted by Crippen LogP contribution is 2.39. The summed E-state index contributed by atoms with van der Waals surface area (Å²) in [6.07, 6.45) is 2.53. The molecule has 1 heterocycles. The number of anilines is 2. The van der Waals surface area contributed by atoms with Gasteiger partial charge in [-0.1, -0.05) is 12.1 Å². The molecule has 2 aromatic rings. The summed E-state index contributed by atoms with van der Waals surface area (Å²) >= 11 is 0. The van der Waals surface area contributed by atoms with E-state index in [-0.39, 0.29) is 41.6 Å². The van der Waals surface area contributed by atoms with Gasteiger partial charge in [-0.3, -0.25) is 9.59 Å². The van der Waals surface area contributed by atoms with Gasteiger partial charge >= 0.3 is 0 Å². The molecule has 0 aromatic heterocycles. The van der Waals surface area contributed by atoms with Gasteiger partial charge in [0.2, 0.25) is 21.8 Å². The van der Waals surface area contributed by atoms with E-state index in [2.05, 4.69) is 10.0 Å². The number of rotatable bonds is 7. The molecule has 1 aliphatic carbocycles. The van der Waals surface area contributed by atoms with Crippen LogP contribution >= 0.6 is 0 Å². The minimum absolute atomic E-state index is 0.000237. The largest absolute Gasteiger partial charge is 0.326 e. The Hall–Kier alpha value is -2.71. The topological polar surface area (TPSA) is 95.6 Å². The van der Waals surface area contributed by atoms with E-state index < -0.39 is 10.0 Å². The highest BCUT2D eigenvalue weighted by Gasteiger charge is 2.39. The fraction of sp³-hybridized carbons (Fsp3) is 0.391. The smallest absolute Gasteiger partial charge is 0.240 e. The van der Waals surface area contributed by atoms with E-state index in [1.54, 1.807) is 18.2 Å². The lowest BCUT2D eigenvalue weighted by Gasteiger charge is -2.22. The van der Waals surface area contributed by atoms with E-state index in [0.717, 1.165) is 29.7 Å². The number of benzene rings is 2.